The van der Waals surface area contributed by atoms with Gasteiger partial charge in [-0.15, -0.1) is 0 Å². The van der Waals surface area contributed by atoms with E-state index >= 15 is 0 Å². The quantitative estimate of drug-likeness (QED) is 0.737. The largest absolute Gasteiger partial charge is 0.307 e. The fraction of sp³-hybridized carbons (Fsp3) is 0.350. The average molecular weight is 310 g/mol. The third-order valence-corrected chi connectivity index (χ3v) is 3.85. The molecular formula is C20H26N2O. The molecule has 1 amide bonds. The summed E-state index contributed by atoms with van der Waals surface area (Å²) in [7, 11) is 2.01. The highest BCUT2D eigenvalue weighted by Gasteiger charge is 2.17. The molecule has 0 radical (unpaired) electrons. The van der Waals surface area contributed by atoms with Crippen LogP contribution < -0.4 is 4.90 Å². The van der Waals surface area contributed by atoms with Gasteiger partial charge in [-0.25, -0.2) is 0 Å². The molecule has 2 rings (SSSR count). The van der Waals surface area contributed by atoms with E-state index in [-0.39, 0.29) is 5.91 Å². The van der Waals surface area contributed by atoms with Crippen LogP contribution in [-0.4, -0.2) is 30.9 Å². The number of amides is 1. The molecule has 0 aliphatic carbocycles. The zero-order valence-electron chi connectivity index (χ0n) is 14.1. The summed E-state index contributed by atoms with van der Waals surface area (Å²) < 4.78 is 0. The summed E-state index contributed by atoms with van der Waals surface area (Å²) in [5, 5.41) is 0. The monoisotopic (exact) mass is 310 g/mol. The molecule has 0 unspecified atom stereocenters. The van der Waals surface area contributed by atoms with Gasteiger partial charge in [-0.2, -0.15) is 0 Å². The van der Waals surface area contributed by atoms with Crippen LogP contribution in [0.4, 0.5) is 5.69 Å². The van der Waals surface area contributed by atoms with Gasteiger partial charge in [0.1, 0.15) is 0 Å². The lowest BCUT2D eigenvalue weighted by Gasteiger charge is -2.26. The second-order valence-corrected chi connectivity index (χ2v) is 5.89. The number of anilines is 1. The van der Waals surface area contributed by atoms with Crippen molar-refractivity contribution in [2.45, 2.75) is 26.3 Å². The number of benzene rings is 2. The van der Waals surface area contributed by atoms with E-state index in [1.54, 1.807) is 0 Å². The molecule has 2 aromatic rings. The van der Waals surface area contributed by atoms with E-state index in [9.17, 15) is 4.79 Å². The smallest absolute Gasteiger partial charge is 0.241 e. The molecule has 0 saturated heterocycles. The molecule has 23 heavy (non-hydrogen) atoms. The number of unbranched alkanes of at least 4 members (excludes halogenated alkanes) is 1. The number of likely N-dealkylation sites (N-methyl/N-ethyl adjacent to an activating group) is 1. The number of carbonyl (C=O) groups excluding carboxylic acids is 1. The second kappa shape index (κ2) is 9.11. The first-order chi connectivity index (χ1) is 11.2. The number of hydrogen-bond acceptors (Lipinski definition) is 2. The molecule has 0 fully saturated rings. The maximum atomic E-state index is 12.8. The first kappa shape index (κ1) is 17.2. The number of carbonyl (C=O) groups is 1. The van der Waals surface area contributed by atoms with E-state index < -0.39 is 0 Å². The Kier molecular flexibility index (Phi) is 6.82. The lowest BCUT2D eigenvalue weighted by atomic mass is 10.2. The molecule has 122 valence electrons. The minimum atomic E-state index is 0.138. The van der Waals surface area contributed by atoms with E-state index in [4.69, 9.17) is 0 Å². The van der Waals surface area contributed by atoms with Crippen LogP contribution in [0.2, 0.25) is 0 Å². The van der Waals surface area contributed by atoms with Crippen LogP contribution in [0, 0.1) is 0 Å². The van der Waals surface area contributed by atoms with E-state index in [1.165, 1.54) is 0 Å². The first-order valence-electron chi connectivity index (χ1n) is 8.28. The molecule has 0 aromatic heterocycles. The highest BCUT2D eigenvalue weighted by Crippen LogP contribution is 2.17. The van der Waals surface area contributed by atoms with Gasteiger partial charge >= 0.3 is 0 Å². The Morgan fingerprint density at radius 3 is 2.17 bits per heavy atom. The molecule has 0 bridgehead atoms. The predicted octanol–water partition coefficient (Wildman–Crippen LogP) is 3.95. The molecule has 0 aliphatic rings. The van der Waals surface area contributed by atoms with Gasteiger partial charge in [-0.05, 0) is 37.7 Å². The van der Waals surface area contributed by atoms with Crippen molar-refractivity contribution in [1.82, 2.24) is 4.90 Å². The summed E-state index contributed by atoms with van der Waals surface area (Å²) in [4.78, 5) is 16.8. The van der Waals surface area contributed by atoms with Crippen LogP contribution in [0.5, 0.6) is 0 Å². The number of hydrogen-bond donors (Lipinski definition) is 0. The Hall–Kier alpha value is -2.13. The lowest BCUT2D eigenvalue weighted by molar-refractivity contribution is -0.119. The van der Waals surface area contributed by atoms with Crippen molar-refractivity contribution in [3.05, 3.63) is 66.2 Å². The minimum Gasteiger partial charge on any atom is -0.307 e. The highest BCUT2D eigenvalue weighted by molar-refractivity contribution is 5.94. The summed E-state index contributed by atoms with van der Waals surface area (Å²) >= 11 is 0. The fourth-order valence-electron chi connectivity index (χ4n) is 2.52. The number of nitrogens with zero attached hydrogens (tertiary/aromatic N) is 2. The van der Waals surface area contributed by atoms with Gasteiger partial charge in [0.25, 0.3) is 0 Å². The van der Waals surface area contributed by atoms with Gasteiger partial charge in [0.05, 0.1) is 13.1 Å². The Balaban J connectivity index is 2.11. The zero-order valence-corrected chi connectivity index (χ0v) is 14.1. The van der Waals surface area contributed by atoms with E-state index in [0.717, 1.165) is 30.6 Å². The SMILES string of the molecule is CCCCN(C)CC(=O)N(Cc1ccccc1)c1ccccc1. The summed E-state index contributed by atoms with van der Waals surface area (Å²) in [5.41, 5.74) is 2.09. The highest BCUT2D eigenvalue weighted by atomic mass is 16.2. The zero-order chi connectivity index (χ0) is 16.5. The Morgan fingerprint density at radius 2 is 1.57 bits per heavy atom. The van der Waals surface area contributed by atoms with Gasteiger partial charge < -0.3 is 4.90 Å². The topological polar surface area (TPSA) is 23.6 Å². The predicted molar refractivity (Wildman–Crippen MR) is 96.5 cm³/mol. The average Bonchev–Trinajstić information content (AvgIpc) is 2.59. The van der Waals surface area contributed by atoms with E-state index in [2.05, 4.69) is 24.0 Å². The summed E-state index contributed by atoms with van der Waals surface area (Å²) in [6.45, 7) is 4.17. The van der Waals surface area contributed by atoms with Crippen molar-refractivity contribution in [3.63, 3.8) is 0 Å². The van der Waals surface area contributed by atoms with Crippen LogP contribution in [0.25, 0.3) is 0 Å². The number of rotatable bonds is 8. The van der Waals surface area contributed by atoms with Crippen LogP contribution in [0.3, 0.4) is 0 Å². The van der Waals surface area contributed by atoms with Crippen molar-refractivity contribution in [2.75, 3.05) is 25.0 Å². The standard InChI is InChI=1S/C20H26N2O/c1-3-4-15-21(2)17-20(23)22(19-13-9-6-10-14-19)16-18-11-7-5-8-12-18/h5-14H,3-4,15-17H2,1-2H3. The summed E-state index contributed by atoms with van der Waals surface area (Å²) in [6.07, 6.45) is 2.26. The summed E-state index contributed by atoms with van der Waals surface area (Å²) in [5.74, 6) is 0.138. The van der Waals surface area contributed by atoms with Gasteiger partial charge in [0.15, 0.2) is 0 Å². The van der Waals surface area contributed by atoms with Gasteiger partial charge in [0.2, 0.25) is 5.91 Å². The maximum absolute atomic E-state index is 12.8. The molecule has 0 saturated carbocycles. The van der Waals surface area contributed by atoms with E-state index in [1.807, 2.05) is 60.5 Å². The van der Waals surface area contributed by atoms with Crippen molar-refractivity contribution in [2.24, 2.45) is 0 Å². The van der Waals surface area contributed by atoms with Crippen LogP contribution >= 0.6 is 0 Å². The molecule has 0 heterocycles. The molecule has 0 N–H and O–H groups in total. The van der Waals surface area contributed by atoms with Crippen molar-refractivity contribution >= 4 is 11.6 Å². The first-order valence-corrected chi connectivity index (χ1v) is 8.28. The minimum absolute atomic E-state index is 0.138. The van der Waals surface area contributed by atoms with Crippen LogP contribution in [-0.2, 0) is 11.3 Å². The third kappa shape index (κ3) is 5.53. The van der Waals surface area contributed by atoms with Crippen LogP contribution in [0.1, 0.15) is 25.3 Å². The van der Waals surface area contributed by atoms with Gasteiger partial charge in [-0.3, -0.25) is 9.69 Å². The molecule has 0 atom stereocenters. The maximum Gasteiger partial charge on any atom is 0.241 e. The van der Waals surface area contributed by atoms with Crippen molar-refractivity contribution in [3.8, 4) is 0 Å². The molecule has 3 heteroatoms. The van der Waals surface area contributed by atoms with E-state index in [0.29, 0.717) is 13.1 Å². The summed E-state index contributed by atoms with van der Waals surface area (Å²) in [6, 6.07) is 20.0. The van der Waals surface area contributed by atoms with Gasteiger partial charge in [-0.1, -0.05) is 61.9 Å². The normalized spacial score (nSPS) is 10.7. The Morgan fingerprint density at radius 1 is 0.957 bits per heavy atom. The van der Waals surface area contributed by atoms with Gasteiger partial charge in [0, 0.05) is 5.69 Å². The Bertz CT molecular complexity index is 583. The number of para-hydroxylation sites is 1. The molecular weight excluding hydrogens is 284 g/mol. The third-order valence-electron chi connectivity index (χ3n) is 3.85. The Labute approximate surface area is 139 Å². The molecule has 0 aliphatic heterocycles. The lowest BCUT2D eigenvalue weighted by Crippen LogP contribution is -2.39. The fourth-order valence-corrected chi connectivity index (χ4v) is 2.52. The molecule has 0 spiro atoms. The second-order valence-electron chi connectivity index (χ2n) is 5.89. The van der Waals surface area contributed by atoms with Crippen molar-refractivity contribution < 1.29 is 4.79 Å². The molecule has 2 aromatic carbocycles. The van der Waals surface area contributed by atoms with Crippen LogP contribution in [0.15, 0.2) is 60.7 Å². The molecule has 3 nitrogen and oxygen atoms in total. The van der Waals surface area contributed by atoms with Crippen molar-refractivity contribution in [1.29, 1.82) is 0 Å².